The van der Waals surface area contributed by atoms with Crippen molar-refractivity contribution in [3.63, 3.8) is 0 Å². The quantitative estimate of drug-likeness (QED) is 0.215. The van der Waals surface area contributed by atoms with Gasteiger partial charge in [0.25, 0.3) is 11.5 Å². The van der Waals surface area contributed by atoms with Gasteiger partial charge in [-0.3, -0.25) is 28.3 Å². The van der Waals surface area contributed by atoms with Gasteiger partial charge in [-0.15, -0.1) is 0 Å². The van der Waals surface area contributed by atoms with Gasteiger partial charge >= 0.3 is 5.69 Å². The van der Waals surface area contributed by atoms with E-state index in [9.17, 15) is 24.0 Å². The molecule has 2 heterocycles. The molecule has 12 nitrogen and oxygen atoms in total. The first-order valence-corrected chi connectivity index (χ1v) is 11.0. The lowest BCUT2D eigenvalue weighted by atomic mass is 10.0. The van der Waals surface area contributed by atoms with E-state index in [0.717, 1.165) is 9.25 Å². The molecular formula is C25H23N5O7. The smallest absolute Gasteiger partial charge is 0.331 e. The number of rotatable bonds is 8. The van der Waals surface area contributed by atoms with E-state index in [4.69, 9.17) is 9.47 Å². The van der Waals surface area contributed by atoms with E-state index in [0.29, 0.717) is 12.0 Å². The standard InChI is InChI=1S/C25H23N5O7/c1-28-18-12-26-30(20(18)24(34)29(2)25(28)35)21(22(32)15-6-8-16(36-3)9-7-15)23(33)27-17-11-14(13-31)5-10-19(17)37-4/h5-13,21H,1-4H3,(H,27,33). The highest BCUT2D eigenvalue weighted by molar-refractivity contribution is 6.16. The number of hydrogen-bond donors (Lipinski definition) is 1. The van der Waals surface area contributed by atoms with Crippen molar-refractivity contribution in [3.8, 4) is 11.5 Å². The summed E-state index contributed by atoms with van der Waals surface area (Å²) in [6, 6.07) is 8.82. The number of nitrogens with one attached hydrogen (secondary N) is 1. The number of ketones is 1. The topological polar surface area (TPSA) is 144 Å². The first kappa shape index (κ1) is 25.1. The maximum absolute atomic E-state index is 13.7. The third-order valence-corrected chi connectivity index (χ3v) is 5.95. The van der Waals surface area contributed by atoms with Crippen molar-refractivity contribution in [1.82, 2.24) is 18.9 Å². The van der Waals surface area contributed by atoms with Crippen LogP contribution in [-0.2, 0) is 18.9 Å². The number of aromatic nitrogens is 4. The molecule has 0 spiro atoms. The van der Waals surface area contributed by atoms with Gasteiger partial charge in [0.15, 0.2) is 17.3 Å². The van der Waals surface area contributed by atoms with Gasteiger partial charge in [-0.05, 0) is 42.5 Å². The van der Waals surface area contributed by atoms with Gasteiger partial charge in [-0.25, -0.2) is 9.48 Å². The molecule has 0 saturated carbocycles. The largest absolute Gasteiger partial charge is 0.497 e. The normalized spacial score (nSPS) is 11.7. The molecule has 0 fully saturated rings. The van der Waals surface area contributed by atoms with Gasteiger partial charge in [0.1, 0.15) is 17.8 Å². The summed E-state index contributed by atoms with van der Waals surface area (Å²) in [5.74, 6) is -0.769. The van der Waals surface area contributed by atoms with Crippen LogP contribution < -0.4 is 26.0 Å². The van der Waals surface area contributed by atoms with Gasteiger partial charge in [-0.1, -0.05) is 0 Å². The van der Waals surface area contributed by atoms with E-state index < -0.39 is 29.0 Å². The Morgan fingerprint density at radius 1 is 1.00 bits per heavy atom. The molecule has 0 radical (unpaired) electrons. The van der Waals surface area contributed by atoms with Gasteiger partial charge in [-0.2, -0.15) is 5.10 Å². The van der Waals surface area contributed by atoms with E-state index in [-0.39, 0.29) is 33.6 Å². The number of anilines is 1. The predicted molar refractivity (Wildman–Crippen MR) is 134 cm³/mol. The summed E-state index contributed by atoms with van der Waals surface area (Å²) in [6.45, 7) is 0. The molecule has 190 valence electrons. The Kier molecular flexibility index (Phi) is 6.74. The Hall–Kier alpha value is -5.00. The molecule has 1 atom stereocenters. The summed E-state index contributed by atoms with van der Waals surface area (Å²) in [7, 11) is 5.60. The molecule has 0 aliphatic rings. The van der Waals surface area contributed by atoms with Gasteiger partial charge in [0.05, 0.1) is 31.6 Å². The summed E-state index contributed by atoms with van der Waals surface area (Å²) in [5.41, 5.74) is -0.718. The van der Waals surface area contributed by atoms with Crippen LogP contribution in [-0.4, -0.2) is 51.1 Å². The van der Waals surface area contributed by atoms with Gasteiger partial charge < -0.3 is 14.8 Å². The van der Waals surface area contributed by atoms with E-state index in [1.54, 1.807) is 12.1 Å². The highest BCUT2D eigenvalue weighted by Crippen LogP contribution is 2.28. The van der Waals surface area contributed by atoms with E-state index in [1.807, 2.05) is 0 Å². The lowest BCUT2D eigenvalue weighted by molar-refractivity contribution is -0.118. The number of benzene rings is 2. The number of methoxy groups -OCH3 is 2. The molecule has 2 aromatic carbocycles. The zero-order valence-corrected chi connectivity index (χ0v) is 20.4. The Bertz CT molecular complexity index is 1650. The van der Waals surface area contributed by atoms with Crippen molar-refractivity contribution in [2.45, 2.75) is 6.04 Å². The molecular weight excluding hydrogens is 482 g/mol. The molecule has 12 heteroatoms. The Morgan fingerprint density at radius 3 is 2.32 bits per heavy atom. The van der Waals surface area contributed by atoms with Crippen molar-refractivity contribution in [2.24, 2.45) is 14.1 Å². The molecule has 4 aromatic rings. The molecule has 2 aromatic heterocycles. The van der Waals surface area contributed by atoms with Crippen LogP contribution in [0.5, 0.6) is 11.5 Å². The SMILES string of the molecule is COc1ccc(C(=O)C(C(=O)Nc2cc(C=O)ccc2OC)n2ncc3c2c(=O)n(C)c(=O)n3C)cc1. The molecule has 37 heavy (non-hydrogen) atoms. The average molecular weight is 505 g/mol. The second-order valence-electron chi connectivity index (χ2n) is 8.09. The molecule has 0 saturated heterocycles. The van der Waals surface area contributed by atoms with Crippen LogP contribution in [0.3, 0.4) is 0 Å². The minimum atomic E-state index is -1.65. The molecule has 1 amide bonds. The Balaban J connectivity index is 1.90. The van der Waals surface area contributed by atoms with Crippen molar-refractivity contribution >= 4 is 34.7 Å². The monoisotopic (exact) mass is 505 g/mol. The Labute approximate surface area is 209 Å². The van der Waals surface area contributed by atoms with Crippen LogP contribution >= 0.6 is 0 Å². The van der Waals surface area contributed by atoms with Gasteiger partial charge in [0, 0.05) is 25.2 Å². The van der Waals surface area contributed by atoms with Gasteiger partial charge in [0.2, 0.25) is 0 Å². The predicted octanol–water partition coefficient (Wildman–Crippen LogP) is 1.33. The second kappa shape index (κ2) is 9.93. The van der Waals surface area contributed by atoms with E-state index >= 15 is 0 Å². The fraction of sp³-hybridized carbons (Fsp3) is 0.200. The average Bonchev–Trinajstić information content (AvgIpc) is 3.35. The first-order chi connectivity index (χ1) is 17.7. The third kappa shape index (κ3) is 4.40. The lowest BCUT2D eigenvalue weighted by Gasteiger charge is -2.19. The summed E-state index contributed by atoms with van der Waals surface area (Å²) in [4.78, 5) is 64.1. The maximum atomic E-state index is 13.7. The number of carbonyl (C=O) groups excluding carboxylic acids is 3. The zero-order chi connectivity index (χ0) is 26.9. The summed E-state index contributed by atoms with van der Waals surface area (Å²) >= 11 is 0. The van der Waals surface area contributed by atoms with Crippen molar-refractivity contribution in [2.75, 3.05) is 19.5 Å². The van der Waals surface area contributed by atoms with Crippen LogP contribution in [0.25, 0.3) is 11.0 Å². The number of ether oxygens (including phenoxy) is 2. The van der Waals surface area contributed by atoms with Crippen LogP contribution in [0.1, 0.15) is 26.8 Å². The fourth-order valence-corrected chi connectivity index (χ4v) is 3.93. The zero-order valence-electron chi connectivity index (χ0n) is 20.4. The second-order valence-corrected chi connectivity index (χ2v) is 8.09. The highest BCUT2D eigenvalue weighted by atomic mass is 16.5. The lowest BCUT2D eigenvalue weighted by Crippen LogP contribution is -2.39. The molecule has 0 bridgehead atoms. The van der Waals surface area contributed by atoms with E-state index in [2.05, 4.69) is 10.4 Å². The minimum absolute atomic E-state index is 0.111. The van der Waals surface area contributed by atoms with Crippen molar-refractivity contribution in [3.05, 3.63) is 80.6 Å². The number of Topliss-reactive ketones (excluding diaryl/α,β-unsaturated/α-hetero) is 1. The van der Waals surface area contributed by atoms with Crippen LogP contribution in [0.2, 0.25) is 0 Å². The number of aryl methyl sites for hydroxylation is 1. The number of hydrogen-bond acceptors (Lipinski definition) is 8. The molecule has 0 aliphatic heterocycles. The number of carbonyl (C=O) groups is 3. The maximum Gasteiger partial charge on any atom is 0.331 e. The van der Waals surface area contributed by atoms with Crippen LogP contribution in [0, 0.1) is 0 Å². The van der Waals surface area contributed by atoms with Crippen molar-refractivity contribution < 1.29 is 23.9 Å². The summed E-state index contributed by atoms with van der Waals surface area (Å²) in [6.07, 6.45) is 1.84. The fourth-order valence-electron chi connectivity index (χ4n) is 3.93. The molecule has 4 rings (SSSR count). The van der Waals surface area contributed by atoms with Crippen LogP contribution in [0.4, 0.5) is 5.69 Å². The van der Waals surface area contributed by atoms with E-state index in [1.165, 1.54) is 69.4 Å². The van der Waals surface area contributed by atoms with Crippen molar-refractivity contribution in [1.29, 1.82) is 0 Å². The Morgan fingerprint density at radius 2 is 1.70 bits per heavy atom. The number of nitrogens with zero attached hydrogens (tertiary/aromatic N) is 4. The molecule has 0 aliphatic carbocycles. The highest BCUT2D eigenvalue weighted by Gasteiger charge is 2.34. The van der Waals surface area contributed by atoms with Crippen LogP contribution in [0.15, 0.2) is 58.3 Å². The number of aldehydes is 1. The first-order valence-electron chi connectivity index (χ1n) is 11.0. The third-order valence-electron chi connectivity index (χ3n) is 5.95. The minimum Gasteiger partial charge on any atom is -0.497 e. The molecule has 1 unspecified atom stereocenters. The number of amides is 1. The summed E-state index contributed by atoms with van der Waals surface area (Å²) in [5, 5.41) is 6.78. The summed E-state index contributed by atoms with van der Waals surface area (Å²) < 4.78 is 13.5. The molecule has 1 N–H and O–H groups in total. The number of fused-ring (bicyclic) bond motifs is 1.